The molecule has 1 aromatic carbocycles. The first-order valence-corrected chi connectivity index (χ1v) is 7.20. The minimum Gasteiger partial charge on any atom is -0.459 e. The quantitative estimate of drug-likeness (QED) is 0.457. The summed E-state index contributed by atoms with van der Waals surface area (Å²) in [6.45, 7) is 9.39. The maximum atomic E-state index is 11.9. The van der Waals surface area contributed by atoms with Crippen LogP contribution in [0.2, 0.25) is 0 Å². The Balaban J connectivity index is 3.18. The Morgan fingerprint density at radius 1 is 1.33 bits per heavy atom. The van der Waals surface area contributed by atoms with E-state index in [2.05, 4.69) is 18.7 Å². The first-order valence-electron chi connectivity index (χ1n) is 7.20. The first kappa shape index (κ1) is 16.8. The van der Waals surface area contributed by atoms with E-state index in [1.165, 1.54) is 0 Å². The van der Waals surface area contributed by atoms with Gasteiger partial charge in [-0.2, -0.15) is 5.26 Å². The van der Waals surface area contributed by atoms with Crippen molar-refractivity contribution in [3.05, 3.63) is 35.4 Å². The van der Waals surface area contributed by atoms with Crippen LogP contribution in [-0.4, -0.2) is 25.2 Å². The molecular weight excluding hydrogens is 264 g/mol. The highest BCUT2D eigenvalue weighted by atomic mass is 16.5. The number of anilines is 1. The van der Waals surface area contributed by atoms with Crippen molar-refractivity contribution in [2.75, 3.05) is 18.0 Å². The molecule has 0 heterocycles. The largest absolute Gasteiger partial charge is 0.459 e. The Morgan fingerprint density at radius 2 is 1.95 bits per heavy atom. The Kier molecular flexibility index (Phi) is 6.48. The molecule has 1 aromatic rings. The number of hydrogen-bond donors (Lipinski definition) is 0. The number of rotatable bonds is 6. The fourth-order valence-electron chi connectivity index (χ4n) is 2.03. The van der Waals surface area contributed by atoms with Crippen LogP contribution in [0.15, 0.2) is 29.8 Å². The Morgan fingerprint density at radius 3 is 2.48 bits per heavy atom. The summed E-state index contributed by atoms with van der Waals surface area (Å²) in [6.07, 6.45) is 1.35. The predicted molar refractivity (Wildman–Crippen MR) is 84.8 cm³/mol. The van der Waals surface area contributed by atoms with Gasteiger partial charge in [0.15, 0.2) is 0 Å². The number of hydrogen-bond acceptors (Lipinski definition) is 4. The van der Waals surface area contributed by atoms with Crippen LogP contribution in [-0.2, 0) is 9.53 Å². The van der Waals surface area contributed by atoms with Gasteiger partial charge in [-0.25, -0.2) is 4.79 Å². The van der Waals surface area contributed by atoms with Gasteiger partial charge in [0, 0.05) is 18.8 Å². The van der Waals surface area contributed by atoms with Gasteiger partial charge >= 0.3 is 5.97 Å². The van der Waals surface area contributed by atoms with Crippen LogP contribution in [0.25, 0.3) is 6.08 Å². The minimum atomic E-state index is -0.582. The second kappa shape index (κ2) is 8.11. The molecule has 0 spiro atoms. The van der Waals surface area contributed by atoms with Crippen LogP contribution < -0.4 is 4.90 Å². The molecular formula is C17H22N2O2. The number of ether oxygens (including phenoxy) is 1. The van der Waals surface area contributed by atoms with Gasteiger partial charge in [-0.3, -0.25) is 0 Å². The van der Waals surface area contributed by atoms with Crippen molar-refractivity contribution in [2.45, 2.75) is 33.8 Å². The molecule has 112 valence electrons. The molecule has 21 heavy (non-hydrogen) atoms. The molecule has 0 saturated carbocycles. The molecule has 0 aliphatic rings. The standard InChI is InChI=1S/C17H22N2O2/c1-5-19(6-2)16-10-8-7-9-14(16)11-15(12-18)17(20)21-13(3)4/h7-11,13H,5-6H2,1-4H3/b15-11+. The summed E-state index contributed by atoms with van der Waals surface area (Å²) in [5, 5.41) is 9.18. The average molecular weight is 286 g/mol. The highest BCUT2D eigenvalue weighted by Crippen LogP contribution is 2.23. The van der Waals surface area contributed by atoms with Crippen molar-refractivity contribution in [1.29, 1.82) is 5.26 Å². The van der Waals surface area contributed by atoms with Crippen LogP contribution in [0, 0.1) is 11.3 Å². The summed E-state index contributed by atoms with van der Waals surface area (Å²) in [5.74, 6) is -0.582. The smallest absolute Gasteiger partial charge is 0.349 e. The van der Waals surface area contributed by atoms with Crippen molar-refractivity contribution in [3.8, 4) is 6.07 Å². The third-order valence-corrected chi connectivity index (χ3v) is 3.02. The molecule has 0 amide bonds. The third-order valence-electron chi connectivity index (χ3n) is 3.02. The fraction of sp³-hybridized carbons (Fsp3) is 0.412. The average Bonchev–Trinajstić information content (AvgIpc) is 2.46. The van der Waals surface area contributed by atoms with Crippen molar-refractivity contribution >= 4 is 17.7 Å². The predicted octanol–water partition coefficient (Wildman–Crippen LogP) is 3.39. The van der Waals surface area contributed by atoms with Gasteiger partial charge in [0.1, 0.15) is 11.6 Å². The van der Waals surface area contributed by atoms with Crippen LogP contribution >= 0.6 is 0 Å². The monoisotopic (exact) mass is 286 g/mol. The SMILES string of the molecule is CCN(CC)c1ccccc1/C=C(\C#N)C(=O)OC(C)C. The zero-order chi connectivity index (χ0) is 15.8. The van der Waals surface area contributed by atoms with Gasteiger partial charge in [0.25, 0.3) is 0 Å². The van der Waals surface area contributed by atoms with Gasteiger partial charge in [-0.05, 0) is 45.4 Å². The molecule has 0 atom stereocenters. The van der Waals surface area contributed by atoms with Gasteiger partial charge in [-0.15, -0.1) is 0 Å². The molecule has 4 heteroatoms. The van der Waals surface area contributed by atoms with E-state index >= 15 is 0 Å². The number of esters is 1. The number of carbonyl (C=O) groups is 1. The molecule has 1 rings (SSSR count). The number of carbonyl (C=O) groups excluding carboxylic acids is 1. The molecule has 0 radical (unpaired) electrons. The van der Waals surface area contributed by atoms with Crippen LogP contribution in [0.5, 0.6) is 0 Å². The molecule has 0 aliphatic carbocycles. The van der Waals surface area contributed by atoms with Crippen molar-refractivity contribution in [2.24, 2.45) is 0 Å². The fourth-order valence-corrected chi connectivity index (χ4v) is 2.03. The van der Waals surface area contributed by atoms with Gasteiger partial charge in [0.05, 0.1) is 6.10 Å². The normalized spacial score (nSPS) is 11.1. The Bertz CT molecular complexity index is 552. The minimum absolute atomic E-state index is 0.0170. The Labute approximate surface area is 126 Å². The lowest BCUT2D eigenvalue weighted by Crippen LogP contribution is -2.22. The lowest BCUT2D eigenvalue weighted by Gasteiger charge is -2.23. The number of benzene rings is 1. The third kappa shape index (κ3) is 4.64. The molecule has 4 nitrogen and oxygen atoms in total. The van der Waals surface area contributed by atoms with Crippen LogP contribution in [0.3, 0.4) is 0 Å². The molecule has 0 bridgehead atoms. The summed E-state index contributed by atoms with van der Waals surface area (Å²) >= 11 is 0. The van der Waals surface area contributed by atoms with Crippen molar-refractivity contribution < 1.29 is 9.53 Å². The molecule has 0 saturated heterocycles. The summed E-state index contributed by atoms with van der Waals surface area (Å²) in [7, 11) is 0. The molecule has 0 aromatic heterocycles. The molecule has 0 fully saturated rings. The van der Waals surface area contributed by atoms with E-state index in [9.17, 15) is 10.1 Å². The lowest BCUT2D eigenvalue weighted by molar-refractivity contribution is -0.142. The van der Waals surface area contributed by atoms with E-state index in [1.807, 2.05) is 30.3 Å². The van der Waals surface area contributed by atoms with E-state index in [4.69, 9.17) is 4.74 Å². The number of para-hydroxylation sites is 1. The lowest BCUT2D eigenvalue weighted by atomic mass is 10.1. The maximum Gasteiger partial charge on any atom is 0.349 e. The number of nitrogens with zero attached hydrogens (tertiary/aromatic N) is 2. The molecule has 0 N–H and O–H groups in total. The van der Waals surface area contributed by atoms with Crippen molar-refractivity contribution in [3.63, 3.8) is 0 Å². The topological polar surface area (TPSA) is 53.3 Å². The zero-order valence-corrected chi connectivity index (χ0v) is 13.1. The number of nitriles is 1. The van der Waals surface area contributed by atoms with Gasteiger partial charge in [0.2, 0.25) is 0 Å². The van der Waals surface area contributed by atoms with E-state index in [0.29, 0.717) is 0 Å². The van der Waals surface area contributed by atoms with E-state index in [1.54, 1.807) is 19.9 Å². The summed E-state index contributed by atoms with van der Waals surface area (Å²) in [4.78, 5) is 14.1. The zero-order valence-electron chi connectivity index (χ0n) is 13.1. The van der Waals surface area contributed by atoms with Crippen LogP contribution in [0.4, 0.5) is 5.69 Å². The van der Waals surface area contributed by atoms with E-state index < -0.39 is 5.97 Å². The van der Waals surface area contributed by atoms with Crippen molar-refractivity contribution in [1.82, 2.24) is 0 Å². The molecule has 0 aliphatic heterocycles. The first-order chi connectivity index (χ1) is 10.0. The molecule has 0 unspecified atom stereocenters. The summed E-state index contributed by atoms with van der Waals surface area (Å²) < 4.78 is 5.09. The second-order valence-electron chi connectivity index (χ2n) is 4.85. The second-order valence-corrected chi connectivity index (χ2v) is 4.85. The maximum absolute atomic E-state index is 11.9. The van der Waals surface area contributed by atoms with Gasteiger partial charge < -0.3 is 9.64 Å². The summed E-state index contributed by atoms with van der Waals surface area (Å²) in [6, 6.07) is 9.65. The van der Waals surface area contributed by atoms with E-state index in [0.717, 1.165) is 24.3 Å². The highest BCUT2D eigenvalue weighted by Gasteiger charge is 2.14. The van der Waals surface area contributed by atoms with Gasteiger partial charge in [-0.1, -0.05) is 18.2 Å². The van der Waals surface area contributed by atoms with E-state index in [-0.39, 0.29) is 11.7 Å². The van der Waals surface area contributed by atoms with Crippen LogP contribution in [0.1, 0.15) is 33.3 Å². The Hall–Kier alpha value is -2.28. The highest BCUT2D eigenvalue weighted by molar-refractivity contribution is 5.98. The summed E-state index contributed by atoms with van der Waals surface area (Å²) in [5.41, 5.74) is 1.87.